The third kappa shape index (κ3) is 0.892. The van der Waals surface area contributed by atoms with Crippen LogP contribution in [0.3, 0.4) is 0 Å². The Bertz CT molecular complexity index is 94.7. The fourth-order valence-electron chi connectivity index (χ4n) is 0.859. The van der Waals surface area contributed by atoms with Crippen LogP contribution in [0.5, 0.6) is 0 Å². The van der Waals surface area contributed by atoms with E-state index < -0.39 is 0 Å². The van der Waals surface area contributed by atoms with Crippen molar-refractivity contribution in [1.29, 1.82) is 0 Å². The summed E-state index contributed by atoms with van der Waals surface area (Å²) in [5.41, 5.74) is 0. The van der Waals surface area contributed by atoms with Gasteiger partial charge in [-0.2, -0.15) is 0 Å². The summed E-state index contributed by atoms with van der Waals surface area (Å²) in [5.74, 6) is 0.233. The molecule has 0 aromatic rings. The Morgan fingerprint density at radius 3 is 2.38 bits per heavy atom. The van der Waals surface area contributed by atoms with Gasteiger partial charge in [0.2, 0.25) is 0 Å². The lowest BCUT2D eigenvalue weighted by molar-refractivity contribution is -0.127. The molecule has 0 radical (unpaired) electrons. The Kier molecular flexibility index (Phi) is 1.63. The highest BCUT2D eigenvalue weighted by Crippen LogP contribution is 2.26. The van der Waals surface area contributed by atoms with Crippen molar-refractivity contribution >= 4 is 5.78 Å². The van der Waals surface area contributed by atoms with Crippen LogP contribution in [-0.4, -0.2) is 17.5 Å². The van der Waals surface area contributed by atoms with E-state index in [0.717, 1.165) is 19.3 Å². The second-order valence-electron chi connectivity index (χ2n) is 2.25. The summed E-state index contributed by atoms with van der Waals surface area (Å²) in [6.45, 7) is -0.259. The van der Waals surface area contributed by atoms with E-state index in [1.807, 2.05) is 0 Å². The van der Waals surface area contributed by atoms with Gasteiger partial charge in [-0.15, -0.1) is 0 Å². The summed E-state index contributed by atoms with van der Waals surface area (Å²) in [4.78, 5) is 10.5. The molecule has 1 rings (SSSR count). The lowest BCUT2D eigenvalue weighted by Gasteiger charge is -2.22. The molecule has 0 aromatic carbocycles. The standard InChI is InChI=1S/C6H10O2/c7-4-6(8)5-2-1-3-5/h5,7H,1-4H2. The van der Waals surface area contributed by atoms with E-state index in [-0.39, 0.29) is 18.3 Å². The van der Waals surface area contributed by atoms with Gasteiger partial charge in [-0.1, -0.05) is 6.42 Å². The van der Waals surface area contributed by atoms with Crippen molar-refractivity contribution in [2.45, 2.75) is 19.3 Å². The first-order valence-corrected chi connectivity index (χ1v) is 2.98. The molecule has 1 N–H and O–H groups in total. The minimum Gasteiger partial charge on any atom is -0.389 e. The Hall–Kier alpha value is -0.370. The summed E-state index contributed by atoms with van der Waals surface area (Å²) in [5, 5.41) is 8.32. The number of aliphatic hydroxyl groups excluding tert-OH is 1. The van der Waals surface area contributed by atoms with Gasteiger partial charge in [0, 0.05) is 5.92 Å². The number of hydrogen-bond donors (Lipinski definition) is 1. The predicted octanol–water partition coefficient (Wildman–Crippen LogP) is 0.348. The van der Waals surface area contributed by atoms with E-state index in [0.29, 0.717) is 0 Å². The fraction of sp³-hybridized carbons (Fsp3) is 0.833. The highest BCUT2D eigenvalue weighted by molar-refractivity contribution is 5.82. The molecule has 0 saturated heterocycles. The third-order valence-corrected chi connectivity index (χ3v) is 1.72. The third-order valence-electron chi connectivity index (χ3n) is 1.72. The Morgan fingerprint density at radius 2 is 2.25 bits per heavy atom. The molecule has 1 saturated carbocycles. The van der Waals surface area contributed by atoms with Crippen LogP contribution in [0.15, 0.2) is 0 Å². The van der Waals surface area contributed by atoms with Gasteiger partial charge >= 0.3 is 0 Å². The summed E-state index contributed by atoms with van der Waals surface area (Å²) in [6, 6.07) is 0. The van der Waals surface area contributed by atoms with Gasteiger partial charge in [0.05, 0.1) is 0 Å². The first-order valence-electron chi connectivity index (χ1n) is 2.98. The lowest BCUT2D eigenvalue weighted by atomic mass is 9.82. The molecule has 0 aliphatic heterocycles. The molecule has 8 heavy (non-hydrogen) atoms. The van der Waals surface area contributed by atoms with Crippen LogP contribution < -0.4 is 0 Å². The Balaban J connectivity index is 2.24. The van der Waals surface area contributed by atoms with Gasteiger partial charge in [0.15, 0.2) is 5.78 Å². The van der Waals surface area contributed by atoms with Crippen molar-refractivity contribution < 1.29 is 9.90 Å². The van der Waals surface area contributed by atoms with Crippen molar-refractivity contribution in [2.75, 3.05) is 6.61 Å². The molecule has 1 fully saturated rings. The molecule has 0 atom stereocenters. The molecular weight excluding hydrogens is 104 g/mol. The number of rotatable bonds is 2. The second kappa shape index (κ2) is 2.27. The maximum atomic E-state index is 10.5. The summed E-state index contributed by atoms with van der Waals surface area (Å²) >= 11 is 0. The normalized spacial score (nSPS) is 20.1. The highest BCUT2D eigenvalue weighted by Gasteiger charge is 2.23. The average molecular weight is 114 g/mol. The zero-order chi connectivity index (χ0) is 5.98. The second-order valence-corrected chi connectivity index (χ2v) is 2.25. The average Bonchev–Trinajstić information content (AvgIpc) is 1.62. The van der Waals surface area contributed by atoms with E-state index in [4.69, 9.17) is 5.11 Å². The molecule has 1 aliphatic carbocycles. The predicted molar refractivity (Wildman–Crippen MR) is 29.4 cm³/mol. The van der Waals surface area contributed by atoms with Gasteiger partial charge in [0.1, 0.15) is 6.61 Å². The van der Waals surface area contributed by atoms with Crippen LogP contribution in [0.4, 0.5) is 0 Å². The maximum Gasteiger partial charge on any atom is 0.161 e. The largest absolute Gasteiger partial charge is 0.389 e. The van der Waals surface area contributed by atoms with E-state index in [1.165, 1.54) is 0 Å². The van der Waals surface area contributed by atoms with Gasteiger partial charge in [-0.3, -0.25) is 4.79 Å². The van der Waals surface area contributed by atoms with Crippen LogP contribution in [0, 0.1) is 5.92 Å². The summed E-state index contributed by atoms with van der Waals surface area (Å²) in [6.07, 6.45) is 3.16. The first kappa shape index (κ1) is 5.76. The van der Waals surface area contributed by atoms with Gasteiger partial charge in [-0.05, 0) is 12.8 Å². The molecule has 0 amide bonds. The van der Waals surface area contributed by atoms with Crippen molar-refractivity contribution in [3.8, 4) is 0 Å². The fourth-order valence-corrected chi connectivity index (χ4v) is 0.859. The van der Waals surface area contributed by atoms with Crippen molar-refractivity contribution in [3.05, 3.63) is 0 Å². The monoisotopic (exact) mass is 114 g/mol. The van der Waals surface area contributed by atoms with Crippen molar-refractivity contribution in [3.63, 3.8) is 0 Å². The molecular formula is C6H10O2. The van der Waals surface area contributed by atoms with Crippen molar-refractivity contribution in [1.82, 2.24) is 0 Å². The van der Waals surface area contributed by atoms with E-state index >= 15 is 0 Å². The van der Waals surface area contributed by atoms with Gasteiger partial charge in [0.25, 0.3) is 0 Å². The van der Waals surface area contributed by atoms with E-state index in [9.17, 15) is 4.79 Å². The quantitative estimate of drug-likeness (QED) is 0.562. The number of carbonyl (C=O) groups excluding carboxylic acids is 1. The highest BCUT2D eigenvalue weighted by atomic mass is 16.3. The number of Topliss-reactive ketones (excluding diaryl/α,β-unsaturated/α-hetero) is 1. The first-order chi connectivity index (χ1) is 3.84. The zero-order valence-corrected chi connectivity index (χ0v) is 4.76. The molecule has 0 spiro atoms. The molecule has 46 valence electrons. The van der Waals surface area contributed by atoms with Crippen LogP contribution in [0.2, 0.25) is 0 Å². The van der Waals surface area contributed by atoms with Crippen LogP contribution >= 0.6 is 0 Å². The lowest BCUT2D eigenvalue weighted by Crippen LogP contribution is -2.24. The molecule has 0 heterocycles. The zero-order valence-electron chi connectivity index (χ0n) is 4.76. The summed E-state index contributed by atoms with van der Waals surface area (Å²) in [7, 11) is 0. The Labute approximate surface area is 48.5 Å². The minimum absolute atomic E-state index is 0.0243. The van der Waals surface area contributed by atoms with Crippen LogP contribution in [-0.2, 0) is 4.79 Å². The molecule has 1 aliphatic rings. The molecule has 0 bridgehead atoms. The smallest absolute Gasteiger partial charge is 0.161 e. The SMILES string of the molecule is O=C(CO)C1CCC1. The molecule has 2 heteroatoms. The Morgan fingerprint density at radius 1 is 1.62 bits per heavy atom. The number of aliphatic hydroxyl groups is 1. The molecule has 0 aromatic heterocycles. The minimum atomic E-state index is -0.259. The van der Waals surface area contributed by atoms with E-state index in [2.05, 4.69) is 0 Å². The maximum absolute atomic E-state index is 10.5. The number of hydrogen-bond acceptors (Lipinski definition) is 2. The molecule has 0 unspecified atom stereocenters. The van der Waals surface area contributed by atoms with Gasteiger partial charge in [-0.25, -0.2) is 0 Å². The topological polar surface area (TPSA) is 37.3 Å². The number of ketones is 1. The van der Waals surface area contributed by atoms with Crippen molar-refractivity contribution in [2.24, 2.45) is 5.92 Å². The van der Waals surface area contributed by atoms with Crippen LogP contribution in [0.1, 0.15) is 19.3 Å². The number of carbonyl (C=O) groups is 1. The van der Waals surface area contributed by atoms with Gasteiger partial charge < -0.3 is 5.11 Å². The van der Waals surface area contributed by atoms with E-state index in [1.54, 1.807) is 0 Å². The van der Waals surface area contributed by atoms with Crippen LogP contribution in [0.25, 0.3) is 0 Å². The summed E-state index contributed by atoms with van der Waals surface area (Å²) < 4.78 is 0. The molecule has 2 nitrogen and oxygen atoms in total.